The molecule has 3 N–H and O–H groups in total. The number of rotatable bonds is 2. The van der Waals surface area contributed by atoms with Crippen LogP contribution in [-0.2, 0) is 4.74 Å². The summed E-state index contributed by atoms with van der Waals surface area (Å²) in [5.74, 6) is 0.717. The fourth-order valence-electron chi connectivity index (χ4n) is 1.68. The average Bonchev–Trinajstić information content (AvgIpc) is 2.22. The molecule has 0 atom stereocenters. The van der Waals surface area contributed by atoms with Crippen molar-refractivity contribution >= 4 is 11.5 Å². The number of nitrogens with zero attached hydrogens (tertiary/aromatic N) is 2. The number of anilines is 2. The molecule has 0 unspecified atom stereocenters. The number of hydrogen-bond acceptors (Lipinski definition) is 5. The van der Waals surface area contributed by atoms with E-state index in [9.17, 15) is 0 Å². The van der Waals surface area contributed by atoms with Gasteiger partial charge in [0.2, 0.25) is 0 Å². The first-order chi connectivity index (χ1) is 7.20. The Labute approximate surface area is 89.1 Å². The maximum absolute atomic E-state index is 5.78. The van der Waals surface area contributed by atoms with Crippen molar-refractivity contribution in [3.8, 4) is 0 Å². The van der Waals surface area contributed by atoms with Crippen molar-refractivity contribution in [1.82, 2.24) is 9.97 Å². The SMILES string of the molecule is CC1(Nc2ncncc2N)CCOCC1. The minimum atomic E-state index is 0.0285. The van der Waals surface area contributed by atoms with Gasteiger partial charge in [0, 0.05) is 18.8 Å². The minimum absolute atomic E-state index is 0.0285. The highest BCUT2D eigenvalue weighted by Gasteiger charge is 2.27. The standard InChI is InChI=1S/C10H16N4O/c1-10(2-4-15-5-3-10)14-9-8(11)6-12-7-13-9/h6-7H,2-5,11H2,1H3,(H,12,13,14). The van der Waals surface area contributed by atoms with E-state index in [0.717, 1.165) is 31.9 Å². The molecule has 5 nitrogen and oxygen atoms in total. The zero-order valence-electron chi connectivity index (χ0n) is 8.86. The first-order valence-corrected chi connectivity index (χ1v) is 5.11. The number of nitrogens with one attached hydrogen (secondary N) is 1. The number of hydrogen-bond donors (Lipinski definition) is 2. The quantitative estimate of drug-likeness (QED) is 0.759. The van der Waals surface area contributed by atoms with E-state index in [4.69, 9.17) is 10.5 Å². The summed E-state index contributed by atoms with van der Waals surface area (Å²) in [6, 6.07) is 0. The number of nitrogens with two attached hydrogens (primary N) is 1. The summed E-state index contributed by atoms with van der Waals surface area (Å²) in [5, 5.41) is 3.37. The average molecular weight is 208 g/mol. The molecule has 0 aromatic carbocycles. The molecular weight excluding hydrogens is 192 g/mol. The Hall–Kier alpha value is -1.36. The minimum Gasteiger partial charge on any atom is -0.394 e. The van der Waals surface area contributed by atoms with Gasteiger partial charge in [-0.05, 0) is 19.8 Å². The van der Waals surface area contributed by atoms with E-state index in [2.05, 4.69) is 22.2 Å². The van der Waals surface area contributed by atoms with E-state index < -0.39 is 0 Å². The van der Waals surface area contributed by atoms with Gasteiger partial charge in [-0.1, -0.05) is 0 Å². The summed E-state index contributed by atoms with van der Waals surface area (Å²) in [5.41, 5.74) is 6.39. The molecule has 1 aliphatic heterocycles. The van der Waals surface area contributed by atoms with Crippen molar-refractivity contribution in [2.24, 2.45) is 0 Å². The van der Waals surface area contributed by atoms with Crippen LogP contribution < -0.4 is 11.1 Å². The van der Waals surface area contributed by atoms with E-state index >= 15 is 0 Å². The van der Waals surface area contributed by atoms with Crippen LogP contribution in [0.4, 0.5) is 11.5 Å². The van der Waals surface area contributed by atoms with Crippen LogP contribution in [0.1, 0.15) is 19.8 Å². The third kappa shape index (κ3) is 2.36. The number of nitrogen functional groups attached to an aromatic ring is 1. The lowest BCUT2D eigenvalue weighted by Crippen LogP contribution is -2.41. The molecule has 0 amide bonds. The van der Waals surface area contributed by atoms with E-state index in [1.807, 2.05) is 0 Å². The first-order valence-electron chi connectivity index (χ1n) is 5.11. The maximum atomic E-state index is 5.78. The molecule has 1 saturated heterocycles. The molecule has 1 aromatic rings. The van der Waals surface area contributed by atoms with Crippen molar-refractivity contribution in [2.45, 2.75) is 25.3 Å². The summed E-state index contributed by atoms with van der Waals surface area (Å²) in [6.07, 6.45) is 5.05. The molecule has 0 saturated carbocycles. The molecule has 1 aliphatic rings. The molecule has 0 spiro atoms. The van der Waals surface area contributed by atoms with Gasteiger partial charge in [-0.2, -0.15) is 0 Å². The van der Waals surface area contributed by atoms with E-state index in [-0.39, 0.29) is 5.54 Å². The van der Waals surface area contributed by atoms with Crippen molar-refractivity contribution in [2.75, 3.05) is 24.3 Å². The Kier molecular flexibility index (Phi) is 2.73. The van der Waals surface area contributed by atoms with Crippen LogP contribution >= 0.6 is 0 Å². The Bertz CT molecular complexity index is 336. The lowest BCUT2D eigenvalue weighted by Gasteiger charge is -2.35. The van der Waals surface area contributed by atoms with Gasteiger partial charge in [0.15, 0.2) is 5.82 Å². The molecule has 0 bridgehead atoms. The zero-order chi connectivity index (χ0) is 10.7. The van der Waals surface area contributed by atoms with Crippen LogP contribution in [0, 0.1) is 0 Å². The largest absolute Gasteiger partial charge is 0.394 e. The monoisotopic (exact) mass is 208 g/mol. The lowest BCUT2D eigenvalue weighted by molar-refractivity contribution is 0.0657. The van der Waals surface area contributed by atoms with E-state index in [1.165, 1.54) is 6.33 Å². The molecule has 5 heteroatoms. The Morgan fingerprint density at radius 3 is 2.87 bits per heavy atom. The predicted molar refractivity (Wildman–Crippen MR) is 58.5 cm³/mol. The van der Waals surface area contributed by atoms with Crippen molar-refractivity contribution in [3.05, 3.63) is 12.5 Å². The van der Waals surface area contributed by atoms with Gasteiger partial charge in [0.1, 0.15) is 6.33 Å². The number of ether oxygens (including phenoxy) is 1. The second-order valence-electron chi connectivity index (χ2n) is 4.12. The third-order valence-corrected chi connectivity index (χ3v) is 2.76. The molecule has 82 valence electrons. The molecule has 0 radical (unpaired) electrons. The lowest BCUT2D eigenvalue weighted by atomic mass is 9.92. The highest BCUT2D eigenvalue weighted by atomic mass is 16.5. The van der Waals surface area contributed by atoms with Gasteiger partial charge in [0.25, 0.3) is 0 Å². The molecular formula is C10H16N4O. The van der Waals surface area contributed by atoms with Crippen LogP contribution in [0.5, 0.6) is 0 Å². The van der Waals surface area contributed by atoms with Crippen LogP contribution in [0.2, 0.25) is 0 Å². The van der Waals surface area contributed by atoms with Crippen molar-refractivity contribution in [1.29, 1.82) is 0 Å². The van der Waals surface area contributed by atoms with Crippen LogP contribution in [0.25, 0.3) is 0 Å². The van der Waals surface area contributed by atoms with Gasteiger partial charge in [-0.3, -0.25) is 0 Å². The number of aromatic nitrogens is 2. The third-order valence-electron chi connectivity index (χ3n) is 2.76. The van der Waals surface area contributed by atoms with Gasteiger partial charge in [-0.15, -0.1) is 0 Å². The van der Waals surface area contributed by atoms with Crippen LogP contribution in [-0.4, -0.2) is 28.7 Å². The molecule has 0 aliphatic carbocycles. The normalized spacial score (nSPS) is 19.8. The fraction of sp³-hybridized carbons (Fsp3) is 0.600. The highest BCUT2D eigenvalue weighted by molar-refractivity contribution is 5.60. The van der Waals surface area contributed by atoms with Gasteiger partial charge < -0.3 is 15.8 Å². The van der Waals surface area contributed by atoms with Crippen molar-refractivity contribution < 1.29 is 4.74 Å². The Balaban J connectivity index is 2.10. The van der Waals surface area contributed by atoms with Gasteiger partial charge >= 0.3 is 0 Å². The summed E-state index contributed by atoms with van der Waals surface area (Å²) < 4.78 is 5.33. The Morgan fingerprint density at radius 1 is 1.47 bits per heavy atom. The Morgan fingerprint density at radius 2 is 2.20 bits per heavy atom. The van der Waals surface area contributed by atoms with Crippen LogP contribution in [0.3, 0.4) is 0 Å². The first kappa shape index (κ1) is 10.2. The fourth-order valence-corrected chi connectivity index (χ4v) is 1.68. The molecule has 2 heterocycles. The van der Waals surface area contributed by atoms with Gasteiger partial charge in [0.05, 0.1) is 11.9 Å². The zero-order valence-corrected chi connectivity index (χ0v) is 8.86. The highest BCUT2D eigenvalue weighted by Crippen LogP contribution is 2.26. The van der Waals surface area contributed by atoms with E-state index in [1.54, 1.807) is 6.20 Å². The second kappa shape index (κ2) is 4.02. The topological polar surface area (TPSA) is 73.1 Å². The van der Waals surface area contributed by atoms with Crippen LogP contribution in [0.15, 0.2) is 12.5 Å². The molecule has 15 heavy (non-hydrogen) atoms. The van der Waals surface area contributed by atoms with Gasteiger partial charge in [-0.25, -0.2) is 9.97 Å². The van der Waals surface area contributed by atoms with Crippen molar-refractivity contribution in [3.63, 3.8) is 0 Å². The molecule has 2 rings (SSSR count). The molecule has 1 aromatic heterocycles. The maximum Gasteiger partial charge on any atom is 0.153 e. The molecule has 1 fully saturated rings. The summed E-state index contributed by atoms with van der Waals surface area (Å²) in [7, 11) is 0. The summed E-state index contributed by atoms with van der Waals surface area (Å²) >= 11 is 0. The summed E-state index contributed by atoms with van der Waals surface area (Å²) in [4.78, 5) is 7.99. The van der Waals surface area contributed by atoms with E-state index in [0.29, 0.717) is 5.69 Å². The predicted octanol–water partition coefficient (Wildman–Crippen LogP) is 1.04. The smallest absolute Gasteiger partial charge is 0.153 e. The summed E-state index contributed by atoms with van der Waals surface area (Å²) in [6.45, 7) is 3.74. The second-order valence-corrected chi connectivity index (χ2v) is 4.12.